The van der Waals surface area contributed by atoms with Gasteiger partial charge in [0.15, 0.2) is 0 Å². The fourth-order valence-electron chi connectivity index (χ4n) is 3.08. The molecule has 3 N–H and O–H groups in total. The number of aliphatic carboxylic acids is 1. The van der Waals surface area contributed by atoms with Gasteiger partial charge in [-0.15, -0.1) is 0 Å². The van der Waals surface area contributed by atoms with Gasteiger partial charge in [-0.05, 0) is 36.2 Å². The number of aromatic nitrogens is 2. The van der Waals surface area contributed by atoms with E-state index in [2.05, 4.69) is 20.4 Å². The van der Waals surface area contributed by atoms with Crippen molar-refractivity contribution in [3.8, 4) is 0 Å². The van der Waals surface area contributed by atoms with E-state index in [4.69, 9.17) is 0 Å². The molecule has 2 aromatic heterocycles. The summed E-state index contributed by atoms with van der Waals surface area (Å²) < 4.78 is 0. The highest BCUT2D eigenvalue weighted by Crippen LogP contribution is 2.15. The Labute approximate surface area is 175 Å². The van der Waals surface area contributed by atoms with Crippen LogP contribution in [0.5, 0.6) is 0 Å². The van der Waals surface area contributed by atoms with Crippen LogP contribution in [-0.4, -0.2) is 32.0 Å². The van der Waals surface area contributed by atoms with Crippen LogP contribution in [0.25, 0.3) is 0 Å². The number of hydrogen-bond donors (Lipinski definition) is 3. The molecule has 1 atom stereocenters. The zero-order valence-corrected chi connectivity index (χ0v) is 16.7. The lowest BCUT2D eigenvalue weighted by molar-refractivity contribution is -0.141. The van der Waals surface area contributed by atoms with Crippen LogP contribution < -0.4 is 5.32 Å². The second kappa shape index (κ2) is 10.2. The van der Waals surface area contributed by atoms with E-state index in [0.29, 0.717) is 42.0 Å². The maximum atomic E-state index is 11.3. The number of benzene rings is 1. The van der Waals surface area contributed by atoms with Crippen LogP contribution in [0.15, 0.2) is 72.0 Å². The first-order valence-electron chi connectivity index (χ1n) is 9.76. The van der Waals surface area contributed by atoms with E-state index in [1.165, 1.54) is 0 Å². The monoisotopic (exact) mass is 404 g/mol. The van der Waals surface area contributed by atoms with E-state index in [9.17, 15) is 15.1 Å². The minimum absolute atomic E-state index is 0.330. The Balaban J connectivity index is 1.73. The summed E-state index contributed by atoms with van der Waals surface area (Å²) in [6.45, 7) is 2.46. The molecule has 0 bridgehead atoms. The van der Waals surface area contributed by atoms with Crippen LogP contribution in [0.4, 0.5) is 5.82 Å². The molecule has 3 rings (SSSR count). The molecule has 1 aromatic carbocycles. The number of carboxylic acids is 1. The van der Waals surface area contributed by atoms with E-state index in [1.807, 2.05) is 49.4 Å². The topological polar surface area (TPSA) is 108 Å². The Bertz CT molecular complexity index is 1000. The molecule has 0 spiro atoms. The number of rotatable bonds is 9. The number of carbonyl (C=O) groups is 1. The van der Waals surface area contributed by atoms with Crippen molar-refractivity contribution in [3.63, 3.8) is 0 Å². The van der Waals surface area contributed by atoms with Crippen molar-refractivity contribution in [2.24, 2.45) is 11.1 Å². The quantitative estimate of drug-likeness (QED) is 0.283. The molecule has 3 aromatic rings. The van der Waals surface area contributed by atoms with Gasteiger partial charge in [-0.3, -0.25) is 9.78 Å². The van der Waals surface area contributed by atoms with E-state index >= 15 is 0 Å². The second-order valence-electron chi connectivity index (χ2n) is 6.88. The third-order valence-corrected chi connectivity index (χ3v) is 4.81. The lowest BCUT2D eigenvalue weighted by atomic mass is 9.99. The standard InChI is InChI=1S/C23H24N4O3/c1-2-17(23(28)29)14-19-6-5-7-20(26-19)22(27-30)18-11-9-16(10-12-18)15-25-21-8-3-4-13-24-21/h3-13,17,30H,2,14-15H2,1H3,(H,24,25)(H,28,29). The molecule has 0 amide bonds. The number of oxime groups is 1. The molecule has 0 aliphatic carbocycles. The summed E-state index contributed by atoms with van der Waals surface area (Å²) in [4.78, 5) is 20.1. The van der Waals surface area contributed by atoms with Gasteiger partial charge in [0.2, 0.25) is 0 Å². The number of carboxylic acid groups (broad SMARTS) is 1. The third-order valence-electron chi connectivity index (χ3n) is 4.81. The van der Waals surface area contributed by atoms with Crippen molar-refractivity contribution in [2.75, 3.05) is 5.32 Å². The van der Waals surface area contributed by atoms with Gasteiger partial charge >= 0.3 is 5.97 Å². The molecule has 0 aliphatic heterocycles. The summed E-state index contributed by atoms with van der Waals surface area (Å²) in [5, 5.41) is 25.6. The predicted octanol–water partition coefficient (Wildman–Crippen LogP) is 3.97. The first kappa shape index (κ1) is 21.0. The number of hydrogen-bond acceptors (Lipinski definition) is 6. The first-order valence-corrected chi connectivity index (χ1v) is 9.76. The molecule has 0 fully saturated rings. The number of nitrogens with one attached hydrogen (secondary N) is 1. The molecule has 0 radical (unpaired) electrons. The maximum Gasteiger partial charge on any atom is 0.306 e. The highest BCUT2D eigenvalue weighted by atomic mass is 16.4. The first-order chi connectivity index (χ1) is 14.6. The molecular weight excluding hydrogens is 380 g/mol. The third kappa shape index (κ3) is 5.41. The van der Waals surface area contributed by atoms with Crippen molar-refractivity contribution >= 4 is 17.5 Å². The van der Waals surface area contributed by atoms with Crippen LogP contribution in [0.2, 0.25) is 0 Å². The summed E-state index contributed by atoms with van der Waals surface area (Å²) >= 11 is 0. The highest BCUT2D eigenvalue weighted by Gasteiger charge is 2.17. The van der Waals surface area contributed by atoms with Crippen molar-refractivity contribution in [1.29, 1.82) is 0 Å². The molecule has 2 heterocycles. The van der Waals surface area contributed by atoms with Crippen molar-refractivity contribution in [3.05, 3.63) is 89.4 Å². The normalized spacial score (nSPS) is 12.4. The smallest absolute Gasteiger partial charge is 0.306 e. The second-order valence-corrected chi connectivity index (χ2v) is 6.88. The van der Waals surface area contributed by atoms with Gasteiger partial charge in [-0.2, -0.15) is 0 Å². The van der Waals surface area contributed by atoms with Crippen molar-refractivity contribution in [2.45, 2.75) is 26.3 Å². The Hall–Kier alpha value is -3.74. The van der Waals surface area contributed by atoms with Gasteiger partial charge in [-0.1, -0.05) is 48.5 Å². The van der Waals surface area contributed by atoms with Gasteiger partial charge in [0.05, 0.1) is 11.6 Å². The summed E-state index contributed by atoms with van der Waals surface area (Å²) in [6, 6.07) is 18.6. The SMILES string of the molecule is CCC(Cc1cccc(C(=NO)c2ccc(CNc3ccccn3)cc2)n1)C(=O)O. The van der Waals surface area contributed by atoms with E-state index < -0.39 is 11.9 Å². The minimum Gasteiger partial charge on any atom is -0.481 e. The summed E-state index contributed by atoms with van der Waals surface area (Å²) in [5.74, 6) is -0.532. The summed E-state index contributed by atoms with van der Waals surface area (Å²) in [7, 11) is 0. The Kier molecular flexibility index (Phi) is 7.10. The van der Waals surface area contributed by atoms with Gasteiger partial charge in [0, 0.05) is 30.4 Å². The van der Waals surface area contributed by atoms with Crippen molar-refractivity contribution in [1.82, 2.24) is 9.97 Å². The molecule has 1 unspecified atom stereocenters. The molecule has 7 nitrogen and oxygen atoms in total. The van der Waals surface area contributed by atoms with Crippen LogP contribution in [-0.2, 0) is 17.8 Å². The number of pyridine rings is 2. The largest absolute Gasteiger partial charge is 0.481 e. The fourth-order valence-corrected chi connectivity index (χ4v) is 3.08. The maximum absolute atomic E-state index is 11.3. The summed E-state index contributed by atoms with van der Waals surface area (Å²) in [6.07, 6.45) is 2.59. The average molecular weight is 404 g/mol. The number of anilines is 1. The van der Waals surface area contributed by atoms with E-state index in [-0.39, 0.29) is 0 Å². The van der Waals surface area contributed by atoms with Crippen LogP contribution in [0.1, 0.15) is 35.9 Å². The Morgan fingerprint density at radius 2 is 1.90 bits per heavy atom. The summed E-state index contributed by atoms with van der Waals surface area (Å²) in [5.41, 5.74) is 3.25. The minimum atomic E-state index is -0.837. The Morgan fingerprint density at radius 1 is 1.10 bits per heavy atom. The van der Waals surface area contributed by atoms with Crippen LogP contribution in [0.3, 0.4) is 0 Å². The predicted molar refractivity (Wildman–Crippen MR) is 115 cm³/mol. The highest BCUT2D eigenvalue weighted by molar-refractivity contribution is 6.11. The van der Waals surface area contributed by atoms with Crippen LogP contribution >= 0.6 is 0 Å². The average Bonchev–Trinajstić information content (AvgIpc) is 2.78. The van der Waals surface area contributed by atoms with Crippen LogP contribution in [0, 0.1) is 5.92 Å². The van der Waals surface area contributed by atoms with Gasteiger partial charge in [-0.25, -0.2) is 4.98 Å². The molecule has 30 heavy (non-hydrogen) atoms. The van der Waals surface area contributed by atoms with Gasteiger partial charge < -0.3 is 15.6 Å². The fraction of sp³-hybridized carbons (Fsp3) is 0.217. The number of nitrogens with zero attached hydrogens (tertiary/aromatic N) is 3. The molecule has 0 saturated heterocycles. The zero-order chi connectivity index (χ0) is 21.3. The van der Waals surface area contributed by atoms with E-state index in [0.717, 1.165) is 11.4 Å². The lowest BCUT2D eigenvalue weighted by Gasteiger charge is -2.11. The molecule has 0 aliphatic rings. The van der Waals surface area contributed by atoms with Gasteiger partial charge in [0.1, 0.15) is 11.5 Å². The molecule has 7 heteroatoms. The molecule has 0 saturated carbocycles. The molecular formula is C23H24N4O3. The zero-order valence-electron chi connectivity index (χ0n) is 16.7. The Morgan fingerprint density at radius 3 is 2.53 bits per heavy atom. The van der Waals surface area contributed by atoms with Crippen molar-refractivity contribution < 1.29 is 15.1 Å². The van der Waals surface area contributed by atoms with E-state index in [1.54, 1.807) is 24.4 Å². The lowest BCUT2D eigenvalue weighted by Crippen LogP contribution is -2.17. The molecule has 154 valence electrons. The van der Waals surface area contributed by atoms with Gasteiger partial charge in [0.25, 0.3) is 0 Å².